The van der Waals surface area contributed by atoms with Gasteiger partial charge in [-0.05, 0) is 24.3 Å². The lowest BCUT2D eigenvalue weighted by Gasteiger charge is -2.26. The van der Waals surface area contributed by atoms with Crippen LogP contribution < -0.4 is 5.32 Å². The number of carbonyl (C=O) groups excluding carboxylic acids is 1. The second kappa shape index (κ2) is 6.37. The van der Waals surface area contributed by atoms with Gasteiger partial charge in [-0.1, -0.05) is 52.5 Å². The van der Waals surface area contributed by atoms with E-state index in [1.54, 1.807) is 6.08 Å². The van der Waals surface area contributed by atoms with Crippen molar-refractivity contribution >= 4 is 5.91 Å². The minimum atomic E-state index is -0.693. The highest BCUT2D eigenvalue weighted by Crippen LogP contribution is 2.26. The predicted octanol–water partition coefficient (Wildman–Crippen LogP) is 2.79. The molecule has 0 unspecified atom stereocenters. The predicted molar refractivity (Wildman–Crippen MR) is 74.3 cm³/mol. The third kappa shape index (κ3) is 6.20. The second-order valence-electron chi connectivity index (χ2n) is 6.56. The van der Waals surface area contributed by atoms with E-state index < -0.39 is 5.60 Å². The molecule has 1 aliphatic carbocycles. The summed E-state index contributed by atoms with van der Waals surface area (Å²) >= 11 is 0. The van der Waals surface area contributed by atoms with Gasteiger partial charge in [0.1, 0.15) is 0 Å². The maximum absolute atomic E-state index is 11.7. The van der Waals surface area contributed by atoms with Gasteiger partial charge in [0.2, 0.25) is 5.91 Å². The third-order valence-electron chi connectivity index (χ3n) is 3.36. The van der Waals surface area contributed by atoms with Crippen molar-refractivity contribution in [2.24, 2.45) is 5.41 Å². The summed E-state index contributed by atoms with van der Waals surface area (Å²) in [4.78, 5) is 11.7. The average Bonchev–Trinajstić information content (AvgIpc) is 2.48. The molecule has 104 valence electrons. The Bertz CT molecular complexity index is 294. The van der Waals surface area contributed by atoms with E-state index in [-0.39, 0.29) is 11.3 Å². The molecule has 0 aromatic rings. The van der Waals surface area contributed by atoms with Gasteiger partial charge in [0.15, 0.2) is 0 Å². The van der Waals surface area contributed by atoms with Crippen LogP contribution in [0.5, 0.6) is 0 Å². The fourth-order valence-corrected chi connectivity index (χ4v) is 2.20. The van der Waals surface area contributed by atoms with Crippen molar-refractivity contribution in [3.8, 4) is 0 Å². The van der Waals surface area contributed by atoms with Gasteiger partial charge < -0.3 is 10.4 Å². The highest BCUT2D eigenvalue weighted by atomic mass is 16.3. The molecule has 1 amide bonds. The SMILES string of the molecule is CC(C)(C)C=CC(=O)NCC1(O)CCCCCC1. The van der Waals surface area contributed by atoms with Crippen LogP contribution in [-0.2, 0) is 4.79 Å². The van der Waals surface area contributed by atoms with Crippen LogP contribution in [0, 0.1) is 5.41 Å². The van der Waals surface area contributed by atoms with Gasteiger partial charge in [0.25, 0.3) is 0 Å². The number of hydrogen-bond acceptors (Lipinski definition) is 2. The van der Waals surface area contributed by atoms with Crippen LogP contribution in [0.1, 0.15) is 59.3 Å². The van der Waals surface area contributed by atoms with E-state index in [1.165, 1.54) is 12.8 Å². The summed E-state index contributed by atoms with van der Waals surface area (Å²) in [6.45, 7) is 6.53. The van der Waals surface area contributed by atoms with Crippen LogP contribution in [0.4, 0.5) is 0 Å². The Labute approximate surface area is 111 Å². The van der Waals surface area contributed by atoms with Gasteiger partial charge in [-0.15, -0.1) is 0 Å². The maximum atomic E-state index is 11.7. The van der Waals surface area contributed by atoms with Gasteiger partial charge in [0, 0.05) is 6.54 Å². The highest BCUT2D eigenvalue weighted by Gasteiger charge is 2.27. The van der Waals surface area contributed by atoms with Crippen molar-refractivity contribution in [1.82, 2.24) is 5.32 Å². The minimum absolute atomic E-state index is 0.0105. The van der Waals surface area contributed by atoms with E-state index in [4.69, 9.17) is 0 Å². The summed E-state index contributed by atoms with van der Waals surface area (Å²) in [6.07, 6.45) is 9.57. The van der Waals surface area contributed by atoms with Crippen LogP contribution >= 0.6 is 0 Å². The molecule has 0 bridgehead atoms. The van der Waals surface area contributed by atoms with Crippen LogP contribution in [0.25, 0.3) is 0 Å². The number of nitrogens with one attached hydrogen (secondary N) is 1. The van der Waals surface area contributed by atoms with Gasteiger partial charge in [-0.3, -0.25) is 4.79 Å². The fourth-order valence-electron chi connectivity index (χ4n) is 2.20. The zero-order valence-corrected chi connectivity index (χ0v) is 12.0. The van der Waals surface area contributed by atoms with Crippen LogP contribution in [0.15, 0.2) is 12.2 Å². The van der Waals surface area contributed by atoms with E-state index in [0.29, 0.717) is 6.54 Å². The van der Waals surface area contributed by atoms with Crippen LogP contribution in [0.3, 0.4) is 0 Å². The molecule has 1 aliphatic rings. The van der Waals surface area contributed by atoms with Crippen molar-refractivity contribution in [2.45, 2.75) is 64.9 Å². The Morgan fingerprint density at radius 2 is 1.78 bits per heavy atom. The smallest absolute Gasteiger partial charge is 0.243 e. The van der Waals surface area contributed by atoms with Crippen molar-refractivity contribution < 1.29 is 9.90 Å². The highest BCUT2D eigenvalue weighted by molar-refractivity contribution is 5.87. The van der Waals surface area contributed by atoms with E-state index in [2.05, 4.69) is 26.1 Å². The summed E-state index contributed by atoms with van der Waals surface area (Å²) in [5, 5.41) is 13.2. The summed E-state index contributed by atoms with van der Waals surface area (Å²) in [5.74, 6) is -0.109. The molecular formula is C15H27NO2. The third-order valence-corrected chi connectivity index (χ3v) is 3.36. The summed E-state index contributed by atoms with van der Waals surface area (Å²) in [5.41, 5.74) is -0.682. The number of hydrogen-bond donors (Lipinski definition) is 2. The largest absolute Gasteiger partial charge is 0.388 e. The summed E-state index contributed by atoms with van der Waals surface area (Å²) in [6, 6.07) is 0. The molecule has 1 rings (SSSR count). The monoisotopic (exact) mass is 253 g/mol. The standard InChI is InChI=1S/C15H27NO2/c1-14(2,3)11-8-13(17)16-12-15(18)9-6-4-5-7-10-15/h8,11,18H,4-7,9-10,12H2,1-3H3,(H,16,17). The Kier molecular flexibility index (Phi) is 5.39. The van der Waals surface area contributed by atoms with Gasteiger partial charge >= 0.3 is 0 Å². The molecule has 0 aromatic heterocycles. The minimum Gasteiger partial charge on any atom is -0.388 e. The van der Waals surface area contributed by atoms with Crippen molar-refractivity contribution in [3.63, 3.8) is 0 Å². The fraction of sp³-hybridized carbons (Fsp3) is 0.800. The summed E-state index contributed by atoms with van der Waals surface area (Å²) in [7, 11) is 0. The Hall–Kier alpha value is -0.830. The first-order valence-electron chi connectivity index (χ1n) is 7.00. The molecule has 2 N–H and O–H groups in total. The topological polar surface area (TPSA) is 49.3 Å². The molecule has 3 nitrogen and oxygen atoms in total. The Balaban J connectivity index is 2.39. The molecule has 1 fully saturated rings. The lowest BCUT2D eigenvalue weighted by Crippen LogP contribution is -2.42. The lowest BCUT2D eigenvalue weighted by molar-refractivity contribution is -0.118. The van der Waals surface area contributed by atoms with E-state index >= 15 is 0 Å². The molecule has 18 heavy (non-hydrogen) atoms. The maximum Gasteiger partial charge on any atom is 0.243 e. The van der Waals surface area contributed by atoms with E-state index in [0.717, 1.165) is 25.7 Å². The Morgan fingerprint density at radius 3 is 2.28 bits per heavy atom. The first-order chi connectivity index (χ1) is 8.31. The number of rotatable bonds is 3. The van der Waals surface area contributed by atoms with Crippen LogP contribution in [0.2, 0.25) is 0 Å². The zero-order valence-electron chi connectivity index (χ0n) is 12.0. The Morgan fingerprint density at radius 1 is 1.22 bits per heavy atom. The first kappa shape index (κ1) is 15.2. The van der Waals surface area contributed by atoms with E-state index in [1.807, 2.05) is 6.08 Å². The van der Waals surface area contributed by atoms with Crippen LogP contribution in [-0.4, -0.2) is 23.2 Å². The molecule has 0 saturated heterocycles. The number of amides is 1. The van der Waals surface area contributed by atoms with Crippen molar-refractivity contribution in [3.05, 3.63) is 12.2 Å². The molecule has 0 heterocycles. The lowest BCUT2D eigenvalue weighted by atomic mass is 9.94. The van der Waals surface area contributed by atoms with E-state index in [9.17, 15) is 9.90 Å². The number of allylic oxidation sites excluding steroid dienone is 1. The normalized spacial score (nSPS) is 20.7. The molecule has 0 radical (unpaired) electrons. The quantitative estimate of drug-likeness (QED) is 0.600. The molecule has 0 aromatic carbocycles. The molecular weight excluding hydrogens is 226 g/mol. The molecule has 0 spiro atoms. The first-order valence-corrected chi connectivity index (χ1v) is 7.00. The zero-order chi connectivity index (χ0) is 13.6. The van der Waals surface area contributed by atoms with Crippen molar-refractivity contribution in [2.75, 3.05) is 6.54 Å². The van der Waals surface area contributed by atoms with Crippen molar-refractivity contribution in [1.29, 1.82) is 0 Å². The molecule has 3 heteroatoms. The van der Waals surface area contributed by atoms with Gasteiger partial charge in [-0.25, -0.2) is 0 Å². The van der Waals surface area contributed by atoms with Gasteiger partial charge in [0.05, 0.1) is 5.60 Å². The molecule has 1 saturated carbocycles. The summed E-state index contributed by atoms with van der Waals surface area (Å²) < 4.78 is 0. The average molecular weight is 253 g/mol. The van der Waals surface area contributed by atoms with Gasteiger partial charge in [-0.2, -0.15) is 0 Å². The number of carbonyl (C=O) groups is 1. The molecule has 0 atom stereocenters. The second-order valence-corrected chi connectivity index (χ2v) is 6.56. The molecule has 0 aliphatic heterocycles. The number of aliphatic hydroxyl groups is 1.